The molecule has 1 unspecified atom stereocenters. The van der Waals surface area contributed by atoms with Crippen LogP contribution in [0.2, 0.25) is 0 Å². The standard InChI is InChI=1S/C17H24N4O/c1-5-6-14(7-8-18-4)10-20-11-15-9-19-12-21(15)16(13(2)3)17(20)22/h5-9,12-13,16,18H,1,10-11H2,2-4H3/b8-7-,14-6+. The quantitative estimate of drug-likeness (QED) is 0.820. The number of carbonyl (C=O) groups excluding carboxylic acids is 1. The maximum Gasteiger partial charge on any atom is 0.246 e. The van der Waals surface area contributed by atoms with Gasteiger partial charge in [-0.2, -0.15) is 0 Å². The number of hydrogen-bond donors (Lipinski definition) is 1. The summed E-state index contributed by atoms with van der Waals surface area (Å²) in [5, 5.41) is 2.97. The molecule has 0 fully saturated rings. The van der Waals surface area contributed by atoms with Crippen LogP contribution < -0.4 is 5.32 Å². The van der Waals surface area contributed by atoms with Crippen molar-refractivity contribution in [2.45, 2.75) is 26.4 Å². The normalized spacial score (nSPS) is 18.9. The van der Waals surface area contributed by atoms with E-state index in [0.29, 0.717) is 13.1 Å². The van der Waals surface area contributed by atoms with Crippen molar-refractivity contribution in [2.24, 2.45) is 5.92 Å². The van der Waals surface area contributed by atoms with Gasteiger partial charge >= 0.3 is 0 Å². The Morgan fingerprint density at radius 1 is 1.59 bits per heavy atom. The van der Waals surface area contributed by atoms with Crippen molar-refractivity contribution in [3.63, 3.8) is 0 Å². The van der Waals surface area contributed by atoms with E-state index in [4.69, 9.17) is 0 Å². The zero-order valence-electron chi connectivity index (χ0n) is 13.5. The summed E-state index contributed by atoms with van der Waals surface area (Å²) in [4.78, 5) is 18.9. The number of allylic oxidation sites excluding steroid dienone is 2. The molecule has 1 atom stereocenters. The molecule has 0 aliphatic carbocycles. The van der Waals surface area contributed by atoms with Crippen molar-refractivity contribution in [1.82, 2.24) is 19.8 Å². The van der Waals surface area contributed by atoms with E-state index in [9.17, 15) is 4.79 Å². The van der Waals surface area contributed by atoms with E-state index in [2.05, 4.69) is 30.7 Å². The molecule has 0 radical (unpaired) electrons. The summed E-state index contributed by atoms with van der Waals surface area (Å²) in [6.45, 7) is 9.03. The Morgan fingerprint density at radius 2 is 2.36 bits per heavy atom. The van der Waals surface area contributed by atoms with Crippen LogP contribution in [0.1, 0.15) is 25.6 Å². The first kappa shape index (κ1) is 16.1. The Balaban J connectivity index is 2.25. The smallest absolute Gasteiger partial charge is 0.246 e. The van der Waals surface area contributed by atoms with Crippen molar-refractivity contribution < 1.29 is 4.79 Å². The molecule has 1 amide bonds. The lowest BCUT2D eigenvalue weighted by molar-refractivity contribution is -0.138. The first-order chi connectivity index (χ1) is 10.6. The maximum absolute atomic E-state index is 12.8. The summed E-state index contributed by atoms with van der Waals surface area (Å²) in [5.41, 5.74) is 2.11. The number of hydrogen-bond acceptors (Lipinski definition) is 3. The number of fused-ring (bicyclic) bond motifs is 1. The fourth-order valence-corrected chi connectivity index (χ4v) is 2.75. The van der Waals surface area contributed by atoms with Crippen LogP contribution in [0.3, 0.4) is 0 Å². The van der Waals surface area contributed by atoms with Gasteiger partial charge in [0.15, 0.2) is 0 Å². The molecule has 1 aromatic heterocycles. The molecule has 118 valence electrons. The van der Waals surface area contributed by atoms with Gasteiger partial charge in [0, 0.05) is 19.8 Å². The first-order valence-corrected chi connectivity index (χ1v) is 7.53. The van der Waals surface area contributed by atoms with Gasteiger partial charge in [-0.1, -0.05) is 32.6 Å². The van der Waals surface area contributed by atoms with Gasteiger partial charge in [0.2, 0.25) is 5.91 Å². The van der Waals surface area contributed by atoms with Gasteiger partial charge in [0.1, 0.15) is 6.04 Å². The first-order valence-electron chi connectivity index (χ1n) is 7.53. The molecule has 2 heterocycles. The zero-order valence-corrected chi connectivity index (χ0v) is 13.5. The lowest BCUT2D eigenvalue weighted by Gasteiger charge is -2.36. The number of carbonyl (C=O) groups is 1. The second-order valence-electron chi connectivity index (χ2n) is 5.77. The predicted octanol–water partition coefficient (Wildman–Crippen LogP) is 2.27. The molecule has 0 spiro atoms. The van der Waals surface area contributed by atoms with E-state index in [1.807, 2.05) is 41.1 Å². The fourth-order valence-electron chi connectivity index (χ4n) is 2.75. The average molecular weight is 300 g/mol. The summed E-state index contributed by atoms with van der Waals surface area (Å²) in [6, 6.07) is -0.176. The van der Waals surface area contributed by atoms with E-state index >= 15 is 0 Å². The largest absolute Gasteiger partial charge is 0.394 e. The fraction of sp³-hybridized carbons (Fsp3) is 0.412. The lowest BCUT2D eigenvalue weighted by Crippen LogP contribution is -2.44. The number of imidazole rings is 1. The molecule has 1 N–H and O–H groups in total. The van der Waals surface area contributed by atoms with Crippen LogP contribution in [0.4, 0.5) is 0 Å². The Kier molecular flexibility index (Phi) is 5.20. The lowest BCUT2D eigenvalue weighted by atomic mass is 9.99. The second-order valence-corrected chi connectivity index (χ2v) is 5.77. The second kappa shape index (κ2) is 7.11. The highest BCUT2D eigenvalue weighted by molar-refractivity contribution is 5.82. The van der Waals surface area contributed by atoms with E-state index in [1.54, 1.807) is 12.4 Å². The highest BCUT2D eigenvalue weighted by Crippen LogP contribution is 2.28. The molecule has 5 heteroatoms. The van der Waals surface area contributed by atoms with Gasteiger partial charge in [-0.25, -0.2) is 4.98 Å². The van der Waals surface area contributed by atoms with Gasteiger partial charge in [0.05, 0.1) is 18.6 Å². The van der Waals surface area contributed by atoms with E-state index in [0.717, 1.165) is 11.3 Å². The molecule has 1 aliphatic rings. The molecule has 0 bridgehead atoms. The topological polar surface area (TPSA) is 50.2 Å². The summed E-state index contributed by atoms with van der Waals surface area (Å²) in [6.07, 6.45) is 11.1. The third-order valence-corrected chi connectivity index (χ3v) is 3.76. The summed E-state index contributed by atoms with van der Waals surface area (Å²) in [5.74, 6) is 0.372. The third-order valence-electron chi connectivity index (χ3n) is 3.76. The van der Waals surface area contributed by atoms with Crippen molar-refractivity contribution >= 4 is 5.91 Å². The highest BCUT2D eigenvalue weighted by atomic mass is 16.2. The molecular formula is C17H24N4O. The third kappa shape index (κ3) is 3.30. The molecule has 1 aliphatic heterocycles. The van der Waals surface area contributed by atoms with E-state index in [-0.39, 0.29) is 17.9 Å². The van der Waals surface area contributed by atoms with E-state index < -0.39 is 0 Å². The zero-order chi connectivity index (χ0) is 16.1. The molecule has 0 saturated heterocycles. The average Bonchev–Trinajstić information content (AvgIpc) is 2.92. The minimum atomic E-state index is -0.176. The molecule has 5 nitrogen and oxygen atoms in total. The van der Waals surface area contributed by atoms with Gasteiger partial charge in [-0.3, -0.25) is 4.79 Å². The Hall–Kier alpha value is -2.30. The van der Waals surface area contributed by atoms with Gasteiger partial charge < -0.3 is 14.8 Å². The summed E-state index contributed by atoms with van der Waals surface area (Å²) in [7, 11) is 1.85. The van der Waals surface area contributed by atoms with Crippen LogP contribution in [-0.2, 0) is 11.3 Å². The summed E-state index contributed by atoms with van der Waals surface area (Å²) < 4.78 is 2.00. The SMILES string of the molecule is C=C/C=C(\C=C/NC)CN1Cc2cncn2C(C(C)C)C1=O. The van der Waals surface area contributed by atoms with Gasteiger partial charge in [-0.05, 0) is 23.8 Å². The number of nitrogens with zero attached hydrogens (tertiary/aromatic N) is 3. The van der Waals surface area contributed by atoms with Crippen LogP contribution in [-0.4, -0.2) is 34.0 Å². The molecule has 2 rings (SSSR count). The summed E-state index contributed by atoms with van der Waals surface area (Å²) >= 11 is 0. The minimum Gasteiger partial charge on any atom is -0.394 e. The Bertz CT molecular complexity index is 598. The minimum absolute atomic E-state index is 0.147. The van der Waals surface area contributed by atoms with Crippen LogP contribution in [0.25, 0.3) is 0 Å². The maximum atomic E-state index is 12.8. The predicted molar refractivity (Wildman–Crippen MR) is 88.0 cm³/mol. The number of nitrogens with one attached hydrogen (secondary N) is 1. The highest BCUT2D eigenvalue weighted by Gasteiger charge is 2.34. The van der Waals surface area contributed by atoms with Gasteiger partial charge in [0.25, 0.3) is 0 Å². The van der Waals surface area contributed by atoms with Crippen molar-refractivity contribution in [1.29, 1.82) is 0 Å². The van der Waals surface area contributed by atoms with Crippen LogP contribution in [0.5, 0.6) is 0 Å². The molecule has 0 saturated carbocycles. The molecule has 1 aromatic rings. The number of amides is 1. The van der Waals surface area contributed by atoms with Crippen LogP contribution in [0.15, 0.2) is 49.1 Å². The van der Waals surface area contributed by atoms with Crippen molar-refractivity contribution in [3.8, 4) is 0 Å². The van der Waals surface area contributed by atoms with Crippen LogP contribution >= 0.6 is 0 Å². The van der Waals surface area contributed by atoms with Gasteiger partial charge in [-0.15, -0.1) is 0 Å². The Labute approximate surface area is 132 Å². The molecular weight excluding hydrogens is 276 g/mol. The van der Waals surface area contributed by atoms with Crippen molar-refractivity contribution in [2.75, 3.05) is 13.6 Å². The molecule has 0 aromatic carbocycles. The molecule has 22 heavy (non-hydrogen) atoms. The monoisotopic (exact) mass is 300 g/mol. The number of aromatic nitrogens is 2. The van der Waals surface area contributed by atoms with E-state index in [1.165, 1.54) is 0 Å². The van der Waals surface area contributed by atoms with Crippen molar-refractivity contribution in [3.05, 3.63) is 54.8 Å². The number of rotatable bonds is 6. The Morgan fingerprint density at radius 3 is 3.00 bits per heavy atom. The van der Waals surface area contributed by atoms with Crippen LogP contribution in [0, 0.1) is 5.92 Å².